The van der Waals surface area contributed by atoms with Gasteiger partial charge >= 0.3 is 11.2 Å². The number of aromatic nitrogens is 5. The fourth-order valence-corrected chi connectivity index (χ4v) is 3.85. The van der Waals surface area contributed by atoms with Crippen LogP contribution in [0.3, 0.4) is 0 Å². The van der Waals surface area contributed by atoms with E-state index in [9.17, 15) is 14.9 Å². The van der Waals surface area contributed by atoms with Gasteiger partial charge in [-0.2, -0.15) is 0 Å². The molecule has 0 aliphatic carbocycles. The lowest BCUT2D eigenvalue weighted by atomic mass is 10.2. The molecule has 0 aliphatic rings. The normalized spacial score (nSPS) is 11.1. The van der Waals surface area contributed by atoms with Crippen molar-refractivity contribution in [1.29, 1.82) is 0 Å². The maximum atomic E-state index is 12.6. The summed E-state index contributed by atoms with van der Waals surface area (Å²) in [5.41, 5.74) is 0.836. The Kier molecular flexibility index (Phi) is 4.40. The number of pyridine rings is 1. The molecule has 0 aliphatic heterocycles. The average molecular weight is 394 g/mol. The molecule has 28 heavy (non-hydrogen) atoms. The lowest BCUT2D eigenvalue weighted by molar-refractivity contribution is -0.389. The number of nitro groups is 1. The van der Waals surface area contributed by atoms with Gasteiger partial charge in [0.25, 0.3) is 0 Å². The van der Waals surface area contributed by atoms with E-state index in [-0.39, 0.29) is 5.03 Å². The van der Waals surface area contributed by atoms with Gasteiger partial charge in [0.15, 0.2) is 5.03 Å². The number of fused-ring (bicyclic) bond motifs is 1. The topological polar surface area (TPSA) is 108 Å². The van der Waals surface area contributed by atoms with E-state index in [1.54, 1.807) is 29.7 Å². The largest absolute Gasteiger partial charge is 0.366 e. The molecule has 9 nitrogen and oxygen atoms in total. The molecule has 0 spiro atoms. The maximum Gasteiger partial charge on any atom is 0.366 e. The Morgan fingerprint density at radius 2 is 1.82 bits per heavy atom. The number of hydrogen-bond donors (Lipinski definition) is 0. The van der Waals surface area contributed by atoms with Crippen molar-refractivity contribution in [2.45, 2.75) is 24.0 Å². The third-order valence-corrected chi connectivity index (χ3v) is 5.13. The number of rotatable bonds is 4. The van der Waals surface area contributed by atoms with Crippen LogP contribution in [0.25, 0.3) is 11.3 Å². The zero-order valence-electron chi connectivity index (χ0n) is 14.9. The van der Waals surface area contributed by atoms with E-state index in [1.807, 2.05) is 31.2 Å². The van der Waals surface area contributed by atoms with Crippen LogP contribution in [0.5, 0.6) is 0 Å². The summed E-state index contributed by atoms with van der Waals surface area (Å²) in [6.45, 7) is 3.74. The van der Waals surface area contributed by atoms with Gasteiger partial charge in [0.2, 0.25) is 5.16 Å². The Balaban J connectivity index is 1.91. The molecule has 3 aromatic heterocycles. The quantitative estimate of drug-likeness (QED) is 0.297. The SMILES string of the molecule is Cc1ccccc1-n1c(C)nnc1Sc1nc2ccccn2c(=O)c1[N+](=O)[O-]. The first-order valence-corrected chi connectivity index (χ1v) is 9.10. The van der Waals surface area contributed by atoms with Crippen molar-refractivity contribution < 1.29 is 4.92 Å². The number of aryl methyl sites for hydroxylation is 2. The Morgan fingerprint density at radius 1 is 1.07 bits per heavy atom. The van der Waals surface area contributed by atoms with Crippen molar-refractivity contribution in [3.05, 3.63) is 80.5 Å². The Bertz CT molecular complexity index is 1280. The average Bonchev–Trinajstić information content (AvgIpc) is 3.02. The number of para-hydroxylation sites is 1. The molecule has 1 aromatic carbocycles. The summed E-state index contributed by atoms with van der Waals surface area (Å²) in [5.74, 6) is 0.622. The van der Waals surface area contributed by atoms with Gasteiger partial charge in [-0.25, -0.2) is 4.98 Å². The van der Waals surface area contributed by atoms with Crippen LogP contribution in [0.1, 0.15) is 11.4 Å². The molecule has 10 heteroatoms. The molecule has 0 atom stereocenters. The molecule has 140 valence electrons. The van der Waals surface area contributed by atoms with Gasteiger partial charge in [-0.1, -0.05) is 24.3 Å². The van der Waals surface area contributed by atoms with Crippen LogP contribution in [-0.4, -0.2) is 29.1 Å². The summed E-state index contributed by atoms with van der Waals surface area (Å²) in [6, 6.07) is 12.6. The molecule has 0 saturated heterocycles. The maximum absolute atomic E-state index is 12.6. The Labute approximate surface area is 162 Å². The van der Waals surface area contributed by atoms with Gasteiger partial charge in [-0.3, -0.25) is 23.9 Å². The van der Waals surface area contributed by atoms with Crippen molar-refractivity contribution in [3.63, 3.8) is 0 Å². The lowest BCUT2D eigenvalue weighted by Gasteiger charge is -2.11. The van der Waals surface area contributed by atoms with E-state index < -0.39 is 16.2 Å². The molecule has 0 unspecified atom stereocenters. The fraction of sp³-hybridized carbons (Fsp3) is 0.111. The van der Waals surface area contributed by atoms with Crippen LogP contribution in [0.4, 0.5) is 5.69 Å². The van der Waals surface area contributed by atoms with Crippen molar-refractivity contribution in [2.75, 3.05) is 0 Å². The number of hydrogen-bond acceptors (Lipinski definition) is 7. The van der Waals surface area contributed by atoms with Gasteiger partial charge < -0.3 is 0 Å². The minimum Gasteiger partial charge on any atom is -0.274 e. The predicted molar refractivity (Wildman–Crippen MR) is 103 cm³/mol. The first-order chi connectivity index (χ1) is 13.5. The van der Waals surface area contributed by atoms with E-state index in [0.717, 1.165) is 27.4 Å². The second kappa shape index (κ2) is 6.89. The molecular formula is C18H14N6O3S. The van der Waals surface area contributed by atoms with Gasteiger partial charge in [0.1, 0.15) is 11.5 Å². The molecule has 4 rings (SSSR count). The number of nitrogens with zero attached hydrogens (tertiary/aromatic N) is 6. The summed E-state index contributed by atoms with van der Waals surface area (Å²) in [7, 11) is 0. The van der Waals surface area contributed by atoms with Crippen molar-refractivity contribution in [1.82, 2.24) is 24.1 Å². The van der Waals surface area contributed by atoms with Crippen molar-refractivity contribution in [3.8, 4) is 5.69 Å². The Hall–Kier alpha value is -3.53. The summed E-state index contributed by atoms with van der Waals surface area (Å²) in [4.78, 5) is 27.8. The van der Waals surface area contributed by atoms with Gasteiger partial charge in [-0.15, -0.1) is 10.2 Å². The van der Waals surface area contributed by atoms with E-state index in [0.29, 0.717) is 16.6 Å². The van der Waals surface area contributed by atoms with E-state index >= 15 is 0 Å². The standard InChI is InChI=1S/C18H14N6O3S/c1-11-7-3-4-8-13(11)23-12(2)20-21-18(23)28-16-15(24(26)27)17(25)22-10-6-5-9-14(22)19-16/h3-10H,1-2H3. The molecule has 3 heterocycles. The third kappa shape index (κ3) is 2.93. The van der Waals surface area contributed by atoms with E-state index in [1.165, 1.54) is 6.20 Å². The van der Waals surface area contributed by atoms with E-state index in [4.69, 9.17) is 0 Å². The summed E-state index contributed by atoms with van der Waals surface area (Å²) < 4.78 is 2.94. The second-order valence-electron chi connectivity index (χ2n) is 6.01. The van der Waals surface area contributed by atoms with Gasteiger partial charge in [-0.05, 0) is 49.4 Å². The van der Waals surface area contributed by atoms with Gasteiger partial charge in [0, 0.05) is 6.20 Å². The highest BCUT2D eigenvalue weighted by Crippen LogP contribution is 2.32. The predicted octanol–water partition coefficient (Wildman–Crippen LogP) is 2.95. The molecule has 0 N–H and O–H groups in total. The lowest BCUT2D eigenvalue weighted by Crippen LogP contribution is -2.19. The zero-order chi connectivity index (χ0) is 19.8. The third-order valence-electron chi connectivity index (χ3n) is 4.20. The van der Waals surface area contributed by atoms with Crippen LogP contribution in [0, 0.1) is 24.0 Å². The number of benzene rings is 1. The highest BCUT2D eigenvalue weighted by Gasteiger charge is 2.26. The van der Waals surface area contributed by atoms with Crippen molar-refractivity contribution >= 4 is 23.1 Å². The Morgan fingerprint density at radius 3 is 2.57 bits per heavy atom. The van der Waals surface area contributed by atoms with Crippen LogP contribution in [0.15, 0.2) is 63.6 Å². The molecule has 0 radical (unpaired) electrons. The zero-order valence-corrected chi connectivity index (χ0v) is 15.8. The first kappa shape index (κ1) is 17.9. The van der Waals surface area contributed by atoms with Crippen LogP contribution < -0.4 is 5.56 Å². The molecule has 0 saturated carbocycles. The molecule has 0 fully saturated rings. The highest BCUT2D eigenvalue weighted by atomic mass is 32.2. The minimum absolute atomic E-state index is 0.0246. The second-order valence-corrected chi connectivity index (χ2v) is 6.97. The van der Waals surface area contributed by atoms with E-state index in [2.05, 4.69) is 15.2 Å². The minimum atomic E-state index is -0.739. The highest BCUT2D eigenvalue weighted by molar-refractivity contribution is 7.99. The van der Waals surface area contributed by atoms with Crippen LogP contribution in [0.2, 0.25) is 0 Å². The summed E-state index contributed by atoms with van der Waals surface area (Å²) in [5, 5.41) is 20.2. The summed E-state index contributed by atoms with van der Waals surface area (Å²) in [6.07, 6.45) is 1.45. The van der Waals surface area contributed by atoms with Crippen LogP contribution >= 0.6 is 11.8 Å². The molecule has 4 aromatic rings. The molecule has 0 bridgehead atoms. The van der Waals surface area contributed by atoms with Gasteiger partial charge in [0.05, 0.1) is 10.6 Å². The first-order valence-electron chi connectivity index (χ1n) is 8.29. The monoisotopic (exact) mass is 394 g/mol. The summed E-state index contributed by atoms with van der Waals surface area (Å²) >= 11 is 0.946. The van der Waals surface area contributed by atoms with Crippen molar-refractivity contribution in [2.24, 2.45) is 0 Å². The smallest absolute Gasteiger partial charge is 0.274 e. The van der Waals surface area contributed by atoms with Crippen LogP contribution in [-0.2, 0) is 0 Å². The molecule has 0 amide bonds. The molecular weight excluding hydrogens is 380 g/mol. The fourth-order valence-electron chi connectivity index (χ4n) is 2.87.